The zero-order chi connectivity index (χ0) is 10.4. The molecule has 0 saturated heterocycles. The molecule has 3 rings (SSSR count). The first-order valence-electron chi connectivity index (χ1n) is 4.90. The summed E-state index contributed by atoms with van der Waals surface area (Å²) >= 11 is 1.69. The van der Waals surface area contributed by atoms with Crippen LogP contribution in [-0.4, -0.2) is 14.5 Å². The van der Waals surface area contributed by atoms with Gasteiger partial charge in [-0.15, -0.1) is 17.8 Å². The minimum Gasteiger partial charge on any atom is -0.374 e. The summed E-state index contributed by atoms with van der Waals surface area (Å²) in [4.78, 5) is 6.34. The van der Waals surface area contributed by atoms with Crippen molar-refractivity contribution >= 4 is 16.2 Å². The molecule has 4 heteroatoms. The Labute approximate surface area is 91.4 Å². The Bertz CT molecular complexity index is 544. The van der Waals surface area contributed by atoms with Crippen LogP contribution >= 0.6 is 11.3 Å². The molecule has 1 fully saturated rings. The maximum absolute atomic E-state index is 9.81. The molecule has 1 unspecified atom stereocenters. The summed E-state index contributed by atoms with van der Waals surface area (Å²) in [6, 6.07) is 0. The van der Waals surface area contributed by atoms with Gasteiger partial charge in [0.1, 0.15) is 11.2 Å². The van der Waals surface area contributed by atoms with E-state index in [-0.39, 0.29) is 0 Å². The second-order valence-corrected chi connectivity index (χ2v) is 4.86. The Kier molecular flexibility index (Phi) is 1.84. The van der Waals surface area contributed by atoms with Gasteiger partial charge in [0.2, 0.25) is 0 Å². The highest BCUT2D eigenvalue weighted by molar-refractivity contribution is 7.17. The lowest BCUT2D eigenvalue weighted by Gasteiger charge is -2.05. The van der Waals surface area contributed by atoms with E-state index in [1.54, 1.807) is 17.7 Å². The van der Waals surface area contributed by atoms with E-state index in [9.17, 15) is 5.11 Å². The molecule has 0 radical (unpaired) electrons. The van der Waals surface area contributed by atoms with Crippen molar-refractivity contribution in [3.63, 3.8) is 0 Å². The molecule has 1 aliphatic rings. The highest BCUT2D eigenvalue weighted by Gasteiger charge is 2.31. The molecule has 0 amide bonds. The van der Waals surface area contributed by atoms with E-state index in [0.29, 0.717) is 5.92 Å². The molecule has 2 aromatic heterocycles. The third kappa shape index (κ3) is 1.28. The van der Waals surface area contributed by atoms with Crippen molar-refractivity contribution in [2.24, 2.45) is 0 Å². The van der Waals surface area contributed by atoms with Crippen LogP contribution in [0.5, 0.6) is 0 Å². The smallest absolute Gasteiger partial charge is 0.156 e. The average molecular weight is 218 g/mol. The average Bonchev–Trinajstić information content (AvgIpc) is 2.87. The molecule has 0 aromatic carbocycles. The molecule has 3 nitrogen and oxygen atoms in total. The molecule has 0 bridgehead atoms. The fraction of sp³-hybridized carbons (Fsp3) is 0.364. The summed E-state index contributed by atoms with van der Waals surface area (Å²) in [5.74, 6) is 2.99. The minimum atomic E-state index is -0.816. The number of nitrogens with zero attached hydrogens (tertiary/aromatic N) is 2. The first-order chi connectivity index (χ1) is 7.31. The van der Waals surface area contributed by atoms with E-state index < -0.39 is 6.10 Å². The van der Waals surface area contributed by atoms with Crippen molar-refractivity contribution < 1.29 is 5.11 Å². The Morgan fingerprint density at radius 1 is 1.67 bits per heavy atom. The fourth-order valence-electron chi connectivity index (χ4n) is 1.81. The van der Waals surface area contributed by atoms with Crippen molar-refractivity contribution in [1.82, 2.24) is 9.38 Å². The second-order valence-electron chi connectivity index (χ2n) is 3.80. The summed E-state index contributed by atoms with van der Waals surface area (Å²) in [6.07, 6.45) is 10.4. The predicted octanol–water partition coefficient (Wildman–Crippen LogP) is 1.94. The molecular formula is C11H10N2OS. The molecule has 0 aliphatic heterocycles. The van der Waals surface area contributed by atoms with Gasteiger partial charge < -0.3 is 5.11 Å². The van der Waals surface area contributed by atoms with Crippen molar-refractivity contribution in [2.45, 2.75) is 24.9 Å². The molecule has 76 valence electrons. The molecule has 2 heterocycles. The summed E-state index contributed by atoms with van der Waals surface area (Å²) in [7, 11) is 0. The zero-order valence-electron chi connectivity index (χ0n) is 8.05. The number of thiazole rings is 1. The number of fused-ring (bicyclic) bond motifs is 1. The highest BCUT2D eigenvalue weighted by atomic mass is 32.1. The van der Waals surface area contributed by atoms with Gasteiger partial charge in [-0.2, -0.15) is 0 Å². The quantitative estimate of drug-likeness (QED) is 0.782. The van der Waals surface area contributed by atoms with Crippen LogP contribution in [0.1, 0.15) is 35.4 Å². The lowest BCUT2D eigenvalue weighted by atomic mass is 10.2. The van der Waals surface area contributed by atoms with E-state index in [2.05, 4.69) is 10.9 Å². The van der Waals surface area contributed by atoms with Crippen LogP contribution < -0.4 is 0 Å². The van der Waals surface area contributed by atoms with Gasteiger partial charge in [-0.25, -0.2) is 4.98 Å². The van der Waals surface area contributed by atoms with E-state index in [1.165, 1.54) is 17.7 Å². The monoisotopic (exact) mass is 218 g/mol. The number of hydrogen-bond acceptors (Lipinski definition) is 3. The molecule has 0 spiro atoms. The van der Waals surface area contributed by atoms with Gasteiger partial charge >= 0.3 is 0 Å². The van der Waals surface area contributed by atoms with Crippen molar-refractivity contribution in [3.05, 3.63) is 23.1 Å². The number of aromatic nitrogens is 2. The van der Waals surface area contributed by atoms with Crippen LogP contribution in [0.15, 0.2) is 12.5 Å². The van der Waals surface area contributed by atoms with Gasteiger partial charge in [0.05, 0.1) is 11.9 Å². The van der Waals surface area contributed by atoms with Gasteiger partial charge in [0.15, 0.2) is 6.10 Å². The summed E-state index contributed by atoms with van der Waals surface area (Å²) in [5.41, 5.74) is 0.845. The van der Waals surface area contributed by atoms with Gasteiger partial charge in [0, 0.05) is 4.88 Å². The molecule has 1 aliphatic carbocycles. The van der Waals surface area contributed by atoms with E-state index in [0.717, 1.165) is 10.5 Å². The topological polar surface area (TPSA) is 37.5 Å². The Morgan fingerprint density at radius 3 is 3.13 bits per heavy atom. The summed E-state index contributed by atoms with van der Waals surface area (Å²) in [6.45, 7) is 0. The van der Waals surface area contributed by atoms with Gasteiger partial charge in [0.25, 0.3) is 0 Å². The first-order valence-corrected chi connectivity index (χ1v) is 5.71. The van der Waals surface area contributed by atoms with Crippen LogP contribution in [0, 0.1) is 12.3 Å². The Hall–Kier alpha value is -1.31. The first kappa shape index (κ1) is 8.96. The van der Waals surface area contributed by atoms with E-state index in [4.69, 9.17) is 6.42 Å². The molecule has 2 aromatic rings. The third-order valence-corrected chi connectivity index (χ3v) is 3.97. The van der Waals surface area contributed by atoms with Crippen molar-refractivity contribution in [3.8, 4) is 12.3 Å². The molecule has 15 heavy (non-hydrogen) atoms. The Morgan fingerprint density at radius 2 is 2.47 bits per heavy atom. The number of aliphatic hydroxyl groups excluding tert-OH is 1. The molecule has 1 saturated carbocycles. The van der Waals surface area contributed by atoms with Crippen LogP contribution in [-0.2, 0) is 0 Å². The van der Waals surface area contributed by atoms with Crippen LogP contribution in [0.2, 0.25) is 0 Å². The van der Waals surface area contributed by atoms with Crippen LogP contribution in [0.4, 0.5) is 0 Å². The molecular weight excluding hydrogens is 208 g/mol. The van der Waals surface area contributed by atoms with E-state index in [1.807, 2.05) is 10.6 Å². The minimum absolute atomic E-state index is 0.605. The predicted molar refractivity (Wildman–Crippen MR) is 58.8 cm³/mol. The summed E-state index contributed by atoms with van der Waals surface area (Å²) < 4.78 is 1.91. The lowest BCUT2D eigenvalue weighted by Crippen LogP contribution is -2.00. The largest absolute Gasteiger partial charge is 0.374 e. The normalized spacial score (nSPS) is 17.9. The number of imidazole rings is 1. The molecule has 1 atom stereocenters. The fourth-order valence-corrected chi connectivity index (χ4v) is 3.11. The highest BCUT2D eigenvalue weighted by Crippen LogP contribution is 2.46. The maximum atomic E-state index is 9.81. The number of terminal acetylenes is 1. The zero-order valence-corrected chi connectivity index (χ0v) is 8.87. The van der Waals surface area contributed by atoms with Crippen molar-refractivity contribution in [2.75, 3.05) is 0 Å². The maximum Gasteiger partial charge on any atom is 0.156 e. The SMILES string of the molecule is C#CC(O)c1c(C2CC2)sc2cncn12. The Balaban J connectivity index is 2.24. The van der Waals surface area contributed by atoms with Gasteiger partial charge in [-0.05, 0) is 18.8 Å². The number of hydrogen-bond donors (Lipinski definition) is 1. The second kappa shape index (κ2) is 3.09. The van der Waals surface area contributed by atoms with Crippen LogP contribution in [0.25, 0.3) is 4.83 Å². The summed E-state index contributed by atoms with van der Waals surface area (Å²) in [5, 5.41) is 9.81. The van der Waals surface area contributed by atoms with Crippen LogP contribution in [0.3, 0.4) is 0 Å². The van der Waals surface area contributed by atoms with Gasteiger partial charge in [-0.3, -0.25) is 4.40 Å². The van der Waals surface area contributed by atoms with Gasteiger partial charge in [-0.1, -0.05) is 5.92 Å². The number of rotatable bonds is 2. The standard InChI is InChI=1S/C11H10N2OS/c1-2-8(14)10-11(7-3-4-7)15-9-5-12-6-13(9)10/h1,5-8,14H,3-4H2. The van der Waals surface area contributed by atoms with E-state index >= 15 is 0 Å². The van der Waals surface area contributed by atoms with Crippen molar-refractivity contribution in [1.29, 1.82) is 0 Å². The third-order valence-electron chi connectivity index (χ3n) is 2.70. The molecule has 1 N–H and O–H groups in total. The number of aliphatic hydroxyl groups is 1. The lowest BCUT2D eigenvalue weighted by molar-refractivity contribution is 0.231.